The monoisotopic (exact) mass is 550 g/mol. The van der Waals surface area contributed by atoms with E-state index >= 15 is 0 Å². The van der Waals surface area contributed by atoms with Gasteiger partial charge in [0.05, 0.1) is 0 Å². The fraction of sp³-hybridized carbons (Fsp3) is 0.118. The molecule has 5 rings (SSSR count). The molecule has 5 aromatic rings. The van der Waals surface area contributed by atoms with Gasteiger partial charge in [0.2, 0.25) is 0 Å². The summed E-state index contributed by atoms with van der Waals surface area (Å²) in [6.07, 6.45) is 0. The average molecular weight is 552 g/mol. The van der Waals surface area contributed by atoms with E-state index in [1.165, 1.54) is 27.8 Å². The number of hydrogen-bond acceptors (Lipinski definition) is 2. The molecule has 0 spiro atoms. The molecule has 0 radical (unpaired) electrons. The van der Waals surface area contributed by atoms with Gasteiger partial charge in [-0.1, -0.05) is 125 Å². The standard InChI is InChI=1S/C20H18O.C14H13BrO/c1-16-19(18-11-6-3-7-12-18)13-8-14-20(16)21-15-17-9-4-2-5-10-17;1-11-13(15)8-5-9-14(11)16-10-12-6-3-2-4-7-12/h2-14H,15H2,1H3;2-9H,10H2,1H3. The van der Waals surface area contributed by atoms with Crippen LogP contribution >= 0.6 is 15.9 Å². The zero-order chi connectivity index (χ0) is 25.9. The molecule has 0 saturated heterocycles. The third kappa shape index (κ3) is 7.58. The van der Waals surface area contributed by atoms with Gasteiger partial charge in [0.1, 0.15) is 24.7 Å². The molecule has 0 amide bonds. The largest absolute Gasteiger partial charge is 0.489 e. The van der Waals surface area contributed by atoms with Crippen molar-refractivity contribution in [1.82, 2.24) is 0 Å². The third-order valence-electron chi connectivity index (χ3n) is 6.06. The lowest BCUT2D eigenvalue weighted by molar-refractivity contribution is 0.304. The highest BCUT2D eigenvalue weighted by molar-refractivity contribution is 9.10. The summed E-state index contributed by atoms with van der Waals surface area (Å²) in [6, 6.07) is 43.0. The van der Waals surface area contributed by atoms with Crippen molar-refractivity contribution >= 4 is 15.9 Å². The molecular formula is C34H31BrO2. The number of hydrogen-bond donors (Lipinski definition) is 0. The van der Waals surface area contributed by atoms with Gasteiger partial charge in [0.25, 0.3) is 0 Å². The molecule has 0 N–H and O–H groups in total. The van der Waals surface area contributed by atoms with Crippen LogP contribution in [-0.2, 0) is 13.2 Å². The minimum atomic E-state index is 0.597. The first-order valence-electron chi connectivity index (χ1n) is 12.4. The maximum atomic E-state index is 5.98. The van der Waals surface area contributed by atoms with Crippen molar-refractivity contribution in [3.8, 4) is 22.6 Å². The molecule has 0 heterocycles. The van der Waals surface area contributed by atoms with Crippen LogP contribution in [0.3, 0.4) is 0 Å². The Kier molecular flexibility index (Phi) is 9.56. The van der Waals surface area contributed by atoms with E-state index in [-0.39, 0.29) is 0 Å². The van der Waals surface area contributed by atoms with E-state index in [2.05, 4.69) is 83.5 Å². The van der Waals surface area contributed by atoms with Gasteiger partial charge in [0, 0.05) is 10.0 Å². The van der Waals surface area contributed by atoms with Crippen molar-refractivity contribution in [2.45, 2.75) is 27.1 Å². The Hall–Kier alpha value is -3.82. The molecule has 0 bridgehead atoms. The zero-order valence-corrected chi connectivity index (χ0v) is 22.8. The number of benzene rings is 5. The lowest BCUT2D eigenvalue weighted by Gasteiger charge is -2.13. The lowest BCUT2D eigenvalue weighted by Crippen LogP contribution is -1.97. The van der Waals surface area contributed by atoms with Gasteiger partial charge in [-0.15, -0.1) is 0 Å². The molecule has 0 saturated carbocycles. The van der Waals surface area contributed by atoms with Crippen molar-refractivity contribution in [1.29, 1.82) is 0 Å². The van der Waals surface area contributed by atoms with Crippen LogP contribution in [0.1, 0.15) is 22.3 Å². The summed E-state index contributed by atoms with van der Waals surface area (Å²) < 4.78 is 12.8. The van der Waals surface area contributed by atoms with Crippen LogP contribution in [0.5, 0.6) is 11.5 Å². The topological polar surface area (TPSA) is 18.5 Å². The molecule has 0 aliphatic heterocycles. The fourth-order valence-electron chi connectivity index (χ4n) is 3.92. The molecule has 37 heavy (non-hydrogen) atoms. The van der Waals surface area contributed by atoms with E-state index in [1.54, 1.807) is 0 Å². The molecule has 186 valence electrons. The Morgan fingerprint density at radius 1 is 0.486 bits per heavy atom. The van der Waals surface area contributed by atoms with Crippen LogP contribution in [0, 0.1) is 13.8 Å². The molecule has 0 aromatic heterocycles. The maximum Gasteiger partial charge on any atom is 0.123 e. The Labute approximate surface area is 228 Å². The van der Waals surface area contributed by atoms with Gasteiger partial charge in [-0.2, -0.15) is 0 Å². The fourth-order valence-corrected chi connectivity index (χ4v) is 4.26. The Balaban J connectivity index is 0.000000180. The van der Waals surface area contributed by atoms with Gasteiger partial charge in [-0.25, -0.2) is 0 Å². The minimum absolute atomic E-state index is 0.597. The Morgan fingerprint density at radius 2 is 0.946 bits per heavy atom. The second kappa shape index (κ2) is 13.5. The van der Waals surface area contributed by atoms with Gasteiger partial charge < -0.3 is 9.47 Å². The molecule has 2 nitrogen and oxygen atoms in total. The Bertz CT molecular complexity index is 1380. The zero-order valence-electron chi connectivity index (χ0n) is 21.2. The normalized spacial score (nSPS) is 10.2. The smallest absolute Gasteiger partial charge is 0.123 e. The summed E-state index contributed by atoms with van der Waals surface area (Å²) in [4.78, 5) is 0. The quantitative estimate of drug-likeness (QED) is 0.201. The van der Waals surface area contributed by atoms with Crippen LogP contribution in [-0.4, -0.2) is 0 Å². The Morgan fingerprint density at radius 3 is 1.49 bits per heavy atom. The maximum absolute atomic E-state index is 5.98. The first kappa shape index (κ1) is 26.2. The minimum Gasteiger partial charge on any atom is -0.489 e. The van der Waals surface area contributed by atoms with Crippen LogP contribution in [0.2, 0.25) is 0 Å². The molecule has 0 aliphatic rings. The van der Waals surface area contributed by atoms with Gasteiger partial charge in [-0.3, -0.25) is 0 Å². The molecule has 0 atom stereocenters. The molecule has 0 unspecified atom stereocenters. The summed E-state index contributed by atoms with van der Waals surface area (Å²) in [5, 5.41) is 0. The number of rotatable bonds is 7. The molecule has 3 heteroatoms. The van der Waals surface area contributed by atoms with Gasteiger partial charge >= 0.3 is 0 Å². The van der Waals surface area contributed by atoms with Crippen molar-refractivity contribution in [3.63, 3.8) is 0 Å². The average Bonchev–Trinajstić information content (AvgIpc) is 2.95. The van der Waals surface area contributed by atoms with E-state index in [0.717, 1.165) is 21.5 Å². The molecule has 0 fully saturated rings. The van der Waals surface area contributed by atoms with E-state index in [9.17, 15) is 0 Å². The van der Waals surface area contributed by atoms with Crippen molar-refractivity contribution in [2.75, 3.05) is 0 Å². The van der Waals surface area contributed by atoms with Gasteiger partial charge in [-0.05, 0) is 59.9 Å². The summed E-state index contributed by atoms with van der Waals surface area (Å²) in [5.74, 6) is 1.87. The second-order valence-corrected chi connectivity index (χ2v) is 9.56. The summed E-state index contributed by atoms with van der Waals surface area (Å²) >= 11 is 3.49. The summed E-state index contributed by atoms with van der Waals surface area (Å²) in [7, 11) is 0. The third-order valence-corrected chi connectivity index (χ3v) is 6.92. The van der Waals surface area contributed by atoms with Gasteiger partial charge in [0.15, 0.2) is 0 Å². The van der Waals surface area contributed by atoms with Crippen LogP contribution in [0.4, 0.5) is 0 Å². The second-order valence-electron chi connectivity index (χ2n) is 8.71. The predicted octanol–water partition coefficient (Wildman–Crippen LogP) is 9.58. The highest BCUT2D eigenvalue weighted by Crippen LogP contribution is 2.30. The highest BCUT2D eigenvalue weighted by Gasteiger charge is 2.07. The SMILES string of the molecule is Cc1c(Br)cccc1OCc1ccccc1.Cc1c(OCc2ccccc2)cccc1-c1ccccc1. The first-order chi connectivity index (χ1) is 18.1. The van der Waals surface area contributed by atoms with Crippen molar-refractivity contribution in [3.05, 3.63) is 154 Å². The van der Waals surface area contributed by atoms with Crippen LogP contribution in [0.25, 0.3) is 11.1 Å². The number of ether oxygens (including phenoxy) is 2. The molecular weight excluding hydrogens is 520 g/mol. The summed E-state index contributed by atoms with van der Waals surface area (Å²) in [5.41, 5.74) is 7.13. The number of halogens is 1. The van der Waals surface area contributed by atoms with E-state index < -0.39 is 0 Å². The predicted molar refractivity (Wildman–Crippen MR) is 157 cm³/mol. The van der Waals surface area contributed by atoms with Crippen LogP contribution < -0.4 is 9.47 Å². The highest BCUT2D eigenvalue weighted by atomic mass is 79.9. The lowest BCUT2D eigenvalue weighted by atomic mass is 10.00. The first-order valence-corrected chi connectivity index (χ1v) is 13.1. The van der Waals surface area contributed by atoms with E-state index in [1.807, 2.05) is 73.7 Å². The van der Waals surface area contributed by atoms with Crippen molar-refractivity contribution < 1.29 is 9.47 Å². The van der Waals surface area contributed by atoms with Crippen molar-refractivity contribution in [2.24, 2.45) is 0 Å². The van der Waals surface area contributed by atoms with E-state index in [4.69, 9.17) is 9.47 Å². The molecule has 0 aliphatic carbocycles. The summed E-state index contributed by atoms with van der Waals surface area (Å²) in [6.45, 7) is 5.37. The molecule has 5 aromatic carbocycles. The van der Waals surface area contributed by atoms with E-state index in [0.29, 0.717) is 13.2 Å². The van der Waals surface area contributed by atoms with Crippen LogP contribution in [0.15, 0.2) is 132 Å².